The highest BCUT2D eigenvalue weighted by molar-refractivity contribution is 5.82. The molecular weight excluding hydrogens is 336 g/mol. The van der Waals surface area contributed by atoms with E-state index in [-0.39, 0.29) is 11.9 Å². The van der Waals surface area contributed by atoms with Gasteiger partial charge < -0.3 is 10.4 Å². The van der Waals surface area contributed by atoms with E-state index in [1.165, 1.54) is 16.7 Å². The van der Waals surface area contributed by atoms with Crippen LogP contribution in [0.5, 0.6) is 0 Å². The highest BCUT2D eigenvalue weighted by atomic mass is 16.3. The van der Waals surface area contributed by atoms with Crippen molar-refractivity contribution in [2.45, 2.75) is 51.3 Å². The lowest BCUT2D eigenvalue weighted by molar-refractivity contribution is -0.129. The maximum absolute atomic E-state index is 12.5. The van der Waals surface area contributed by atoms with Crippen LogP contribution in [-0.2, 0) is 24.2 Å². The maximum atomic E-state index is 12.5. The zero-order chi connectivity index (χ0) is 19.3. The van der Waals surface area contributed by atoms with Crippen molar-refractivity contribution < 1.29 is 9.90 Å². The van der Waals surface area contributed by atoms with E-state index < -0.39 is 5.60 Å². The normalized spacial score (nSPS) is 18.3. The Bertz CT molecular complexity index is 735. The number of hydrogen-bond acceptors (Lipinski definition) is 3. The second kappa shape index (κ2) is 8.68. The quantitative estimate of drug-likeness (QED) is 0.792. The number of hydrogen-bond donors (Lipinski definition) is 2. The molecule has 3 rings (SSSR count). The minimum absolute atomic E-state index is 0.118. The third-order valence-electron chi connectivity index (χ3n) is 5.15. The van der Waals surface area contributed by atoms with Crippen LogP contribution in [0.2, 0.25) is 0 Å². The SMILES string of the molecule is CC(C)(O)CCc1ccc(CN2CCNC(=O)C2Cc2ccccc2)cc1. The zero-order valence-corrected chi connectivity index (χ0v) is 16.3. The van der Waals surface area contributed by atoms with Crippen molar-refractivity contribution in [1.82, 2.24) is 10.2 Å². The topological polar surface area (TPSA) is 52.6 Å². The number of rotatable bonds is 7. The summed E-state index contributed by atoms with van der Waals surface area (Å²) in [5.74, 6) is 0.118. The summed E-state index contributed by atoms with van der Waals surface area (Å²) in [6.07, 6.45) is 2.35. The lowest BCUT2D eigenvalue weighted by atomic mass is 9.98. The summed E-state index contributed by atoms with van der Waals surface area (Å²) in [6, 6.07) is 18.6. The van der Waals surface area contributed by atoms with Crippen LogP contribution in [0.1, 0.15) is 37.0 Å². The van der Waals surface area contributed by atoms with Crippen molar-refractivity contribution >= 4 is 5.91 Å². The highest BCUT2D eigenvalue weighted by Gasteiger charge is 2.29. The van der Waals surface area contributed by atoms with E-state index in [0.29, 0.717) is 6.54 Å². The van der Waals surface area contributed by atoms with E-state index in [0.717, 1.165) is 32.4 Å². The van der Waals surface area contributed by atoms with E-state index in [9.17, 15) is 9.90 Å². The zero-order valence-electron chi connectivity index (χ0n) is 16.3. The first-order chi connectivity index (χ1) is 12.9. The standard InChI is InChI=1S/C23H30N2O2/c1-23(2,27)13-12-18-8-10-20(11-9-18)17-25-15-14-24-22(26)21(25)16-19-6-4-3-5-7-19/h3-11,21,27H,12-17H2,1-2H3,(H,24,26). The van der Waals surface area contributed by atoms with E-state index in [1.807, 2.05) is 32.0 Å². The monoisotopic (exact) mass is 366 g/mol. The fraction of sp³-hybridized carbons (Fsp3) is 0.435. The predicted molar refractivity (Wildman–Crippen MR) is 108 cm³/mol. The Morgan fingerprint density at radius 2 is 1.70 bits per heavy atom. The molecule has 1 amide bonds. The fourth-order valence-corrected chi connectivity index (χ4v) is 3.51. The Kier molecular flexibility index (Phi) is 6.30. The van der Waals surface area contributed by atoms with Gasteiger partial charge in [-0.15, -0.1) is 0 Å². The second-order valence-electron chi connectivity index (χ2n) is 8.10. The molecule has 27 heavy (non-hydrogen) atoms. The van der Waals surface area contributed by atoms with Gasteiger partial charge in [-0.05, 0) is 49.8 Å². The predicted octanol–water partition coefficient (Wildman–Crippen LogP) is 2.93. The summed E-state index contributed by atoms with van der Waals surface area (Å²) in [5.41, 5.74) is 3.00. The van der Waals surface area contributed by atoms with Crippen LogP contribution in [-0.4, -0.2) is 40.6 Å². The third kappa shape index (κ3) is 5.91. The van der Waals surface area contributed by atoms with Crippen molar-refractivity contribution in [3.63, 3.8) is 0 Å². The van der Waals surface area contributed by atoms with Crippen molar-refractivity contribution in [3.8, 4) is 0 Å². The molecule has 0 saturated carbocycles. The Hall–Kier alpha value is -2.17. The van der Waals surface area contributed by atoms with Gasteiger partial charge in [0, 0.05) is 19.6 Å². The lowest BCUT2D eigenvalue weighted by Crippen LogP contribution is -2.55. The molecule has 0 aliphatic carbocycles. The van der Waals surface area contributed by atoms with E-state index in [4.69, 9.17) is 0 Å². The Morgan fingerprint density at radius 1 is 1.04 bits per heavy atom. The Labute approximate surface area is 162 Å². The third-order valence-corrected chi connectivity index (χ3v) is 5.15. The molecule has 144 valence electrons. The number of carbonyl (C=O) groups is 1. The Morgan fingerprint density at radius 3 is 2.37 bits per heavy atom. The molecule has 1 atom stereocenters. The van der Waals surface area contributed by atoms with Gasteiger partial charge in [0.15, 0.2) is 0 Å². The van der Waals surface area contributed by atoms with Gasteiger partial charge in [-0.2, -0.15) is 0 Å². The van der Waals surface area contributed by atoms with E-state index >= 15 is 0 Å². The molecule has 4 nitrogen and oxygen atoms in total. The van der Waals surface area contributed by atoms with Crippen LogP contribution in [0.3, 0.4) is 0 Å². The number of amides is 1. The van der Waals surface area contributed by atoms with Gasteiger partial charge in [0.1, 0.15) is 0 Å². The van der Waals surface area contributed by atoms with Crippen LogP contribution in [0.25, 0.3) is 0 Å². The van der Waals surface area contributed by atoms with Crippen molar-refractivity contribution in [3.05, 3.63) is 71.3 Å². The molecule has 0 aromatic heterocycles. The molecular formula is C23H30N2O2. The first kappa shape index (κ1) is 19.6. The van der Waals surface area contributed by atoms with Gasteiger partial charge in [-0.25, -0.2) is 0 Å². The van der Waals surface area contributed by atoms with Gasteiger partial charge in [0.25, 0.3) is 0 Å². The first-order valence-electron chi connectivity index (χ1n) is 9.77. The molecule has 1 fully saturated rings. The van der Waals surface area contributed by atoms with E-state index in [1.54, 1.807) is 0 Å². The fourth-order valence-electron chi connectivity index (χ4n) is 3.51. The van der Waals surface area contributed by atoms with Crippen LogP contribution in [0.15, 0.2) is 54.6 Å². The molecule has 0 spiro atoms. The van der Waals surface area contributed by atoms with Crippen molar-refractivity contribution in [2.75, 3.05) is 13.1 Å². The average molecular weight is 367 g/mol. The van der Waals surface area contributed by atoms with Crippen LogP contribution >= 0.6 is 0 Å². The van der Waals surface area contributed by atoms with Crippen LogP contribution in [0.4, 0.5) is 0 Å². The number of carbonyl (C=O) groups excluding carboxylic acids is 1. The lowest BCUT2D eigenvalue weighted by Gasteiger charge is -2.35. The van der Waals surface area contributed by atoms with Crippen molar-refractivity contribution in [1.29, 1.82) is 0 Å². The molecule has 0 radical (unpaired) electrons. The molecule has 0 bridgehead atoms. The minimum Gasteiger partial charge on any atom is -0.390 e. The molecule has 1 saturated heterocycles. The van der Waals surface area contributed by atoms with Crippen LogP contribution < -0.4 is 5.32 Å². The molecule has 2 N–H and O–H groups in total. The first-order valence-corrected chi connectivity index (χ1v) is 9.77. The molecule has 1 aliphatic heterocycles. The van der Waals surface area contributed by atoms with Gasteiger partial charge >= 0.3 is 0 Å². The number of nitrogens with one attached hydrogen (secondary N) is 1. The Balaban J connectivity index is 1.64. The second-order valence-corrected chi connectivity index (χ2v) is 8.10. The summed E-state index contributed by atoms with van der Waals surface area (Å²) in [6.45, 7) is 6.03. The molecule has 1 heterocycles. The molecule has 2 aromatic carbocycles. The number of benzene rings is 2. The van der Waals surface area contributed by atoms with E-state index in [2.05, 4.69) is 46.6 Å². The van der Waals surface area contributed by atoms with Gasteiger partial charge in [0.2, 0.25) is 5.91 Å². The molecule has 1 aliphatic rings. The maximum Gasteiger partial charge on any atom is 0.237 e. The summed E-state index contributed by atoms with van der Waals surface area (Å²) >= 11 is 0. The van der Waals surface area contributed by atoms with Crippen molar-refractivity contribution in [2.24, 2.45) is 0 Å². The largest absolute Gasteiger partial charge is 0.390 e. The number of nitrogens with zero attached hydrogens (tertiary/aromatic N) is 1. The van der Waals surface area contributed by atoms with Gasteiger partial charge in [-0.3, -0.25) is 9.69 Å². The minimum atomic E-state index is -0.634. The summed E-state index contributed by atoms with van der Waals surface area (Å²) in [5, 5.41) is 12.9. The molecule has 2 aromatic rings. The van der Waals surface area contributed by atoms with Gasteiger partial charge in [-0.1, -0.05) is 54.6 Å². The highest BCUT2D eigenvalue weighted by Crippen LogP contribution is 2.18. The summed E-state index contributed by atoms with van der Waals surface area (Å²) < 4.78 is 0. The van der Waals surface area contributed by atoms with Gasteiger partial charge in [0.05, 0.1) is 11.6 Å². The molecule has 4 heteroatoms. The van der Waals surface area contributed by atoms with Crippen LogP contribution in [0, 0.1) is 0 Å². The average Bonchev–Trinajstić information content (AvgIpc) is 2.64. The number of aliphatic hydroxyl groups is 1. The summed E-state index contributed by atoms with van der Waals surface area (Å²) in [4.78, 5) is 14.7. The number of aryl methyl sites for hydroxylation is 1. The molecule has 1 unspecified atom stereocenters. The number of piperazine rings is 1. The smallest absolute Gasteiger partial charge is 0.237 e. The summed E-state index contributed by atoms with van der Waals surface area (Å²) in [7, 11) is 0.